The van der Waals surface area contributed by atoms with Crippen molar-refractivity contribution in [3.8, 4) is 12.1 Å². The summed E-state index contributed by atoms with van der Waals surface area (Å²) in [6.45, 7) is 0. The zero-order valence-electron chi connectivity index (χ0n) is 12.7. The van der Waals surface area contributed by atoms with E-state index >= 15 is 0 Å². The fourth-order valence-corrected chi connectivity index (χ4v) is 2.79. The van der Waals surface area contributed by atoms with E-state index in [2.05, 4.69) is 12.1 Å². The Bertz CT molecular complexity index is 691. The second-order valence-corrected chi connectivity index (χ2v) is 5.56. The summed E-state index contributed by atoms with van der Waals surface area (Å²) < 4.78 is 0. The highest BCUT2D eigenvalue weighted by Crippen LogP contribution is 2.42. The molecule has 0 heterocycles. The Hall–Kier alpha value is -2.92. The van der Waals surface area contributed by atoms with Crippen molar-refractivity contribution < 1.29 is 4.92 Å². The van der Waals surface area contributed by atoms with Crippen molar-refractivity contribution in [2.24, 2.45) is 5.41 Å². The van der Waals surface area contributed by atoms with Crippen LogP contribution in [-0.2, 0) is 0 Å². The van der Waals surface area contributed by atoms with Crippen LogP contribution < -0.4 is 0 Å². The average Bonchev–Trinajstić information content (AvgIpc) is 2.59. The van der Waals surface area contributed by atoms with E-state index in [1.807, 2.05) is 24.3 Å². The fraction of sp³-hybridized carbons (Fsp3) is 0.333. The van der Waals surface area contributed by atoms with Crippen LogP contribution in [0.5, 0.6) is 0 Å². The summed E-state index contributed by atoms with van der Waals surface area (Å²) in [7, 11) is 0. The number of nitro benzene ring substituents is 1. The van der Waals surface area contributed by atoms with Crippen LogP contribution in [0.2, 0.25) is 0 Å². The van der Waals surface area contributed by atoms with Crippen LogP contribution in [0.15, 0.2) is 48.6 Å². The first-order chi connectivity index (χ1) is 11.1. The predicted octanol–water partition coefficient (Wildman–Crippen LogP) is 4.40. The number of hydrogen-bond donors (Lipinski definition) is 0. The maximum atomic E-state index is 10.8. The van der Waals surface area contributed by atoms with Gasteiger partial charge in [0.05, 0.1) is 17.1 Å². The molecule has 1 aliphatic rings. The van der Waals surface area contributed by atoms with Crippen molar-refractivity contribution >= 4 is 5.69 Å². The molecular formula is C18H17N3O2. The summed E-state index contributed by atoms with van der Waals surface area (Å²) in [5.74, 6) is -0.322. The van der Waals surface area contributed by atoms with E-state index in [4.69, 9.17) is 0 Å². The second-order valence-electron chi connectivity index (χ2n) is 5.56. The zero-order valence-corrected chi connectivity index (χ0v) is 12.7. The molecule has 1 atom stereocenters. The summed E-state index contributed by atoms with van der Waals surface area (Å²) in [4.78, 5) is 10.3. The van der Waals surface area contributed by atoms with Crippen LogP contribution in [0, 0.1) is 38.2 Å². The van der Waals surface area contributed by atoms with Gasteiger partial charge >= 0.3 is 0 Å². The molecule has 0 N–H and O–H groups in total. The molecule has 0 amide bonds. The minimum absolute atomic E-state index is 0.00331. The maximum absolute atomic E-state index is 10.8. The maximum Gasteiger partial charge on any atom is 0.269 e. The van der Waals surface area contributed by atoms with Gasteiger partial charge in [0.2, 0.25) is 0 Å². The van der Waals surface area contributed by atoms with Crippen molar-refractivity contribution in [3.63, 3.8) is 0 Å². The third kappa shape index (κ3) is 3.64. The van der Waals surface area contributed by atoms with Gasteiger partial charge < -0.3 is 0 Å². The number of rotatable bonds is 2. The van der Waals surface area contributed by atoms with Crippen LogP contribution >= 0.6 is 0 Å². The molecule has 0 aromatic heterocycles. The first kappa shape index (κ1) is 16.5. The molecule has 23 heavy (non-hydrogen) atoms. The van der Waals surface area contributed by atoms with Crippen LogP contribution in [0.25, 0.3) is 0 Å². The van der Waals surface area contributed by atoms with Gasteiger partial charge in [-0.1, -0.05) is 36.4 Å². The number of non-ortho nitro benzene ring substituents is 1. The van der Waals surface area contributed by atoms with Gasteiger partial charge in [-0.05, 0) is 31.2 Å². The normalized spacial score (nSPS) is 23.0. The molecular weight excluding hydrogens is 290 g/mol. The zero-order chi connectivity index (χ0) is 16.7. The van der Waals surface area contributed by atoms with Gasteiger partial charge in [0.25, 0.3) is 5.69 Å². The molecule has 0 spiro atoms. The highest BCUT2D eigenvalue weighted by Gasteiger charge is 2.39. The lowest BCUT2D eigenvalue weighted by molar-refractivity contribution is -0.384. The molecule has 0 radical (unpaired) electrons. The van der Waals surface area contributed by atoms with E-state index in [-0.39, 0.29) is 11.6 Å². The number of nitriles is 2. The molecule has 0 saturated carbocycles. The van der Waals surface area contributed by atoms with Gasteiger partial charge in [-0.25, -0.2) is 0 Å². The summed E-state index contributed by atoms with van der Waals surface area (Å²) in [6.07, 6.45) is 10.7. The lowest BCUT2D eigenvalue weighted by Gasteiger charge is -2.28. The van der Waals surface area contributed by atoms with Crippen molar-refractivity contribution in [1.29, 1.82) is 10.5 Å². The first-order valence-corrected chi connectivity index (χ1v) is 7.50. The van der Waals surface area contributed by atoms with Crippen molar-refractivity contribution in [2.75, 3.05) is 0 Å². The first-order valence-electron chi connectivity index (χ1n) is 7.50. The number of nitro groups is 1. The van der Waals surface area contributed by atoms with Crippen LogP contribution in [0.4, 0.5) is 5.69 Å². The molecule has 116 valence electrons. The fourth-order valence-electron chi connectivity index (χ4n) is 2.79. The third-order valence-electron chi connectivity index (χ3n) is 4.15. The molecule has 2 rings (SSSR count). The lowest BCUT2D eigenvalue weighted by atomic mass is 9.70. The highest BCUT2D eigenvalue weighted by atomic mass is 16.6. The number of allylic oxidation sites excluding steroid dienone is 4. The standard InChI is InChI=1S/C18H17N3O2/c19-13-18(14-20)12-6-4-2-1-3-5-7-17(18)15-8-10-16(11-9-15)21(22)23/h3-6,8-11,17H,1-2,7,12H2/b5-3-,6-4+. The Labute approximate surface area is 135 Å². The molecule has 1 unspecified atom stereocenters. The second kappa shape index (κ2) is 7.38. The minimum Gasteiger partial charge on any atom is -0.258 e. The van der Waals surface area contributed by atoms with Crippen molar-refractivity contribution in [2.45, 2.75) is 31.6 Å². The summed E-state index contributed by atoms with van der Waals surface area (Å²) in [5.41, 5.74) is -0.394. The van der Waals surface area contributed by atoms with Crippen LogP contribution in [0.3, 0.4) is 0 Å². The Morgan fingerprint density at radius 3 is 2.22 bits per heavy atom. The monoisotopic (exact) mass is 307 g/mol. The molecule has 0 aliphatic heterocycles. The van der Waals surface area contributed by atoms with Gasteiger partial charge in [0.15, 0.2) is 5.41 Å². The molecule has 1 aliphatic carbocycles. The Morgan fingerprint density at radius 2 is 1.65 bits per heavy atom. The smallest absolute Gasteiger partial charge is 0.258 e. The highest BCUT2D eigenvalue weighted by molar-refractivity contribution is 5.38. The van der Waals surface area contributed by atoms with Crippen LogP contribution in [-0.4, -0.2) is 4.92 Å². The molecule has 5 heteroatoms. The number of nitrogens with zero attached hydrogens (tertiary/aromatic N) is 3. The minimum atomic E-state index is -1.17. The molecule has 1 aromatic carbocycles. The van der Waals surface area contributed by atoms with E-state index in [1.165, 1.54) is 12.1 Å². The Kier molecular flexibility index (Phi) is 5.28. The van der Waals surface area contributed by atoms with Gasteiger partial charge in [0.1, 0.15) is 0 Å². The summed E-state index contributed by atoms with van der Waals surface area (Å²) in [5, 5.41) is 30.1. The number of benzene rings is 1. The summed E-state index contributed by atoms with van der Waals surface area (Å²) in [6, 6.07) is 10.5. The lowest BCUT2D eigenvalue weighted by Crippen LogP contribution is -2.25. The van der Waals surface area contributed by atoms with Gasteiger partial charge in [0, 0.05) is 18.1 Å². The van der Waals surface area contributed by atoms with E-state index in [0.29, 0.717) is 12.8 Å². The Morgan fingerprint density at radius 1 is 1.04 bits per heavy atom. The van der Waals surface area contributed by atoms with Gasteiger partial charge in [-0.3, -0.25) is 10.1 Å². The SMILES string of the molecule is N#CC1(C#N)C/C=C/CC/C=C\CC1c1ccc([N+](=O)[O-])cc1. The predicted molar refractivity (Wildman–Crippen MR) is 86.2 cm³/mol. The van der Waals surface area contributed by atoms with E-state index in [1.54, 1.807) is 12.1 Å². The topological polar surface area (TPSA) is 90.7 Å². The van der Waals surface area contributed by atoms with Crippen LogP contribution in [0.1, 0.15) is 37.2 Å². The number of hydrogen-bond acceptors (Lipinski definition) is 4. The molecule has 5 nitrogen and oxygen atoms in total. The van der Waals surface area contributed by atoms with E-state index in [9.17, 15) is 20.6 Å². The quantitative estimate of drug-likeness (QED) is 0.460. The van der Waals surface area contributed by atoms with Crippen molar-refractivity contribution in [1.82, 2.24) is 0 Å². The molecule has 0 saturated heterocycles. The molecule has 0 fully saturated rings. The third-order valence-corrected chi connectivity index (χ3v) is 4.15. The largest absolute Gasteiger partial charge is 0.269 e. The van der Waals surface area contributed by atoms with E-state index in [0.717, 1.165) is 18.4 Å². The molecule has 0 bridgehead atoms. The Balaban J connectivity index is 2.45. The molecule has 1 aromatic rings. The van der Waals surface area contributed by atoms with Gasteiger partial charge in [-0.2, -0.15) is 10.5 Å². The van der Waals surface area contributed by atoms with Gasteiger partial charge in [-0.15, -0.1) is 0 Å². The van der Waals surface area contributed by atoms with Crippen molar-refractivity contribution in [3.05, 3.63) is 64.2 Å². The van der Waals surface area contributed by atoms with E-state index < -0.39 is 10.3 Å². The summed E-state index contributed by atoms with van der Waals surface area (Å²) >= 11 is 0. The average molecular weight is 307 g/mol.